The first-order valence-electron chi connectivity index (χ1n) is 12.1. The summed E-state index contributed by atoms with van der Waals surface area (Å²) < 4.78 is 15.8. The number of carbonyl (C=O) groups is 2. The highest BCUT2D eigenvalue weighted by molar-refractivity contribution is 7.10. The molecule has 1 N–H and O–H groups in total. The van der Waals surface area contributed by atoms with Crippen LogP contribution in [0.1, 0.15) is 80.1 Å². The van der Waals surface area contributed by atoms with Crippen LogP contribution in [0.3, 0.4) is 0 Å². The molecule has 4 heterocycles. The number of amidine groups is 1. The minimum Gasteiger partial charge on any atom is -0.351 e. The Labute approximate surface area is 203 Å². The third-order valence-corrected chi connectivity index (χ3v) is 7.62. The van der Waals surface area contributed by atoms with Gasteiger partial charge in [-0.1, -0.05) is 13.8 Å². The van der Waals surface area contributed by atoms with E-state index in [1.54, 1.807) is 6.07 Å². The largest absolute Gasteiger partial charge is 0.351 e. The average Bonchev–Trinajstić information content (AvgIpc) is 3.27. The first-order valence-corrected chi connectivity index (χ1v) is 12.9. The second-order valence-corrected chi connectivity index (χ2v) is 9.98. The summed E-state index contributed by atoms with van der Waals surface area (Å²) in [6, 6.07) is 3.19. The molecule has 0 spiro atoms. The lowest BCUT2D eigenvalue weighted by Gasteiger charge is -2.28. The number of aryl methyl sites for hydroxylation is 1. The van der Waals surface area contributed by atoms with E-state index in [0.29, 0.717) is 32.3 Å². The van der Waals surface area contributed by atoms with Gasteiger partial charge in [0.2, 0.25) is 12.3 Å². The first kappa shape index (κ1) is 24.4. The number of nitrogens with one attached hydrogen (secondary N) is 1. The van der Waals surface area contributed by atoms with Gasteiger partial charge in [-0.15, -0.1) is 11.3 Å². The summed E-state index contributed by atoms with van der Waals surface area (Å²) in [4.78, 5) is 30.9. The van der Waals surface area contributed by atoms with E-state index < -0.39 is 0 Å². The Morgan fingerprint density at radius 2 is 2.18 bits per heavy atom. The van der Waals surface area contributed by atoms with Crippen LogP contribution in [-0.2, 0) is 22.6 Å². The number of fused-ring (bicyclic) bond motifs is 1. The highest BCUT2D eigenvalue weighted by atomic mass is 32.1. The lowest BCUT2D eigenvalue weighted by molar-refractivity contribution is -0.132. The molecule has 2 aromatic heterocycles. The molecule has 0 saturated heterocycles. The Bertz CT molecular complexity index is 1060. The van der Waals surface area contributed by atoms with Gasteiger partial charge in [-0.25, -0.2) is 9.99 Å². The van der Waals surface area contributed by atoms with Crippen molar-refractivity contribution >= 4 is 29.5 Å². The molecule has 2 aliphatic heterocycles. The second kappa shape index (κ2) is 10.7. The van der Waals surface area contributed by atoms with Gasteiger partial charge >= 0.3 is 0 Å². The van der Waals surface area contributed by atoms with Crippen molar-refractivity contribution < 1.29 is 14.0 Å². The number of nitrogens with zero attached hydrogens (tertiary/aromatic N) is 5. The van der Waals surface area contributed by atoms with Crippen LogP contribution in [0.5, 0.6) is 0 Å². The van der Waals surface area contributed by atoms with Gasteiger partial charge in [0.05, 0.1) is 18.3 Å². The van der Waals surface area contributed by atoms with E-state index in [2.05, 4.69) is 21.9 Å². The Balaban J connectivity index is 1.35. The van der Waals surface area contributed by atoms with Crippen molar-refractivity contribution in [1.29, 1.82) is 0 Å². The standard InChI is InChI=1S/C24H33FN6O2S/c1-4-6-24(33)29-11-10-20-19(14-29)27-16(3)31(20)17(5-2)13-23-28-30(23)12-9-18(26-15-32)21-7-8-22(25)34-21/h7-8,15,17-18H,4-6,9-14H2,1-3H3,(H,26,32). The smallest absolute Gasteiger partial charge is 0.222 e. The molecule has 0 aliphatic carbocycles. The van der Waals surface area contributed by atoms with Gasteiger partial charge in [0.25, 0.3) is 0 Å². The highest BCUT2D eigenvalue weighted by Gasteiger charge is 2.32. The maximum Gasteiger partial charge on any atom is 0.222 e. The molecular formula is C24H33FN6O2S. The number of amides is 2. The summed E-state index contributed by atoms with van der Waals surface area (Å²) in [6.45, 7) is 8.27. The number of rotatable bonds is 12. The van der Waals surface area contributed by atoms with Crippen LogP contribution in [0.2, 0.25) is 0 Å². The summed E-state index contributed by atoms with van der Waals surface area (Å²) in [5.41, 5.74) is 2.26. The van der Waals surface area contributed by atoms with Crippen molar-refractivity contribution in [1.82, 2.24) is 24.8 Å². The molecule has 0 bridgehead atoms. The van der Waals surface area contributed by atoms with Crippen LogP contribution in [0.15, 0.2) is 17.2 Å². The maximum atomic E-state index is 13.4. The quantitative estimate of drug-likeness (QED) is 0.459. The van der Waals surface area contributed by atoms with E-state index in [1.165, 1.54) is 11.8 Å². The van der Waals surface area contributed by atoms with Gasteiger partial charge in [-0.3, -0.25) is 9.59 Å². The van der Waals surface area contributed by atoms with Crippen LogP contribution in [0.25, 0.3) is 0 Å². The molecule has 34 heavy (non-hydrogen) atoms. The Morgan fingerprint density at radius 3 is 2.85 bits per heavy atom. The van der Waals surface area contributed by atoms with Crippen LogP contribution in [0.4, 0.5) is 4.39 Å². The molecule has 2 aliphatic rings. The monoisotopic (exact) mass is 488 g/mol. The number of thiophene rings is 1. The fourth-order valence-corrected chi connectivity index (χ4v) is 5.66. The van der Waals surface area contributed by atoms with Gasteiger partial charge in [-0.05, 0) is 38.3 Å². The van der Waals surface area contributed by atoms with Crippen LogP contribution in [0, 0.1) is 12.1 Å². The number of hydrazone groups is 1. The van der Waals surface area contributed by atoms with Crippen LogP contribution >= 0.6 is 11.3 Å². The van der Waals surface area contributed by atoms with E-state index in [-0.39, 0.29) is 23.1 Å². The van der Waals surface area contributed by atoms with Crippen molar-refractivity contribution in [3.63, 3.8) is 0 Å². The zero-order chi connectivity index (χ0) is 24.2. The fraction of sp³-hybridized carbons (Fsp3) is 0.583. The normalized spacial score (nSPS) is 16.6. The van der Waals surface area contributed by atoms with Gasteiger partial charge < -0.3 is 14.8 Å². The van der Waals surface area contributed by atoms with Gasteiger partial charge in [0.15, 0.2) is 5.13 Å². The van der Waals surface area contributed by atoms with Crippen molar-refractivity contribution in [2.75, 3.05) is 13.1 Å². The number of halogens is 1. The molecule has 10 heteroatoms. The molecule has 2 atom stereocenters. The van der Waals surface area contributed by atoms with E-state index in [4.69, 9.17) is 4.98 Å². The summed E-state index contributed by atoms with van der Waals surface area (Å²) in [5.74, 6) is 2.25. The summed E-state index contributed by atoms with van der Waals surface area (Å²) in [6.07, 6.45) is 5.38. The SMILES string of the molecule is CCCC(=O)N1CCc2c(nc(C)n2C(CC)CC2=NN2CCC(NC=O)c2ccc(F)s2)C1. The topological polar surface area (TPSA) is 82.6 Å². The Kier molecular flexibility index (Phi) is 7.65. The first-order chi connectivity index (χ1) is 16.4. The molecule has 8 nitrogen and oxygen atoms in total. The lowest BCUT2D eigenvalue weighted by atomic mass is 10.1. The van der Waals surface area contributed by atoms with E-state index >= 15 is 0 Å². The highest BCUT2D eigenvalue weighted by Crippen LogP contribution is 2.31. The van der Waals surface area contributed by atoms with Crippen LogP contribution in [-0.4, -0.2) is 50.7 Å². The fourth-order valence-electron chi connectivity index (χ4n) is 4.84. The second-order valence-electron chi connectivity index (χ2n) is 8.91. The molecule has 0 fully saturated rings. The van der Waals surface area contributed by atoms with E-state index in [1.807, 2.05) is 23.8 Å². The molecule has 0 radical (unpaired) electrons. The minimum absolute atomic E-state index is 0.211. The van der Waals surface area contributed by atoms with Crippen molar-refractivity contribution in [2.24, 2.45) is 5.10 Å². The average molecular weight is 489 g/mol. The Morgan fingerprint density at radius 1 is 1.35 bits per heavy atom. The zero-order valence-electron chi connectivity index (χ0n) is 20.1. The summed E-state index contributed by atoms with van der Waals surface area (Å²) in [5, 5.41) is 9.08. The van der Waals surface area contributed by atoms with Crippen molar-refractivity contribution in [3.8, 4) is 0 Å². The molecule has 4 rings (SSSR count). The van der Waals surface area contributed by atoms with Crippen molar-refractivity contribution in [2.45, 2.75) is 77.9 Å². The number of imidazole rings is 1. The molecular weight excluding hydrogens is 455 g/mol. The maximum absolute atomic E-state index is 13.4. The van der Waals surface area contributed by atoms with Gasteiger partial charge in [-0.2, -0.15) is 9.49 Å². The predicted molar refractivity (Wildman–Crippen MR) is 130 cm³/mol. The van der Waals surface area contributed by atoms with Gasteiger partial charge in [0, 0.05) is 49.0 Å². The van der Waals surface area contributed by atoms with Crippen LogP contribution < -0.4 is 5.32 Å². The zero-order valence-corrected chi connectivity index (χ0v) is 20.9. The lowest BCUT2D eigenvalue weighted by Crippen LogP contribution is -2.36. The third kappa shape index (κ3) is 5.32. The number of aromatic nitrogens is 2. The number of hydrogen-bond acceptors (Lipinski definition) is 6. The van der Waals surface area contributed by atoms with E-state index in [0.717, 1.165) is 65.8 Å². The summed E-state index contributed by atoms with van der Waals surface area (Å²) >= 11 is 1.06. The van der Waals surface area contributed by atoms with Gasteiger partial charge in [0.1, 0.15) is 11.7 Å². The molecule has 2 unspecified atom stereocenters. The molecule has 184 valence electrons. The molecule has 2 aromatic rings. The number of hydrogen-bond donors (Lipinski definition) is 1. The third-order valence-electron chi connectivity index (χ3n) is 6.63. The molecule has 0 saturated carbocycles. The Hall–Kier alpha value is -2.75. The molecule has 2 amide bonds. The predicted octanol–water partition coefficient (Wildman–Crippen LogP) is 3.92. The molecule has 0 aromatic carbocycles. The summed E-state index contributed by atoms with van der Waals surface area (Å²) in [7, 11) is 0. The van der Waals surface area contributed by atoms with Crippen molar-refractivity contribution in [3.05, 3.63) is 39.4 Å². The minimum atomic E-state index is -0.251. The number of carbonyl (C=O) groups excluding carboxylic acids is 2. The van der Waals surface area contributed by atoms with E-state index in [9.17, 15) is 14.0 Å².